The maximum atomic E-state index is 12.6. The highest BCUT2D eigenvalue weighted by Crippen LogP contribution is 2.20. The van der Waals surface area contributed by atoms with Crippen molar-refractivity contribution < 1.29 is 9.53 Å². The first kappa shape index (κ1) is 19.9. The summed E-state index contributed by atoms with van der Waals surface area (Å²) >= 11 is 1.41. The molecule has 0 aliphatic heterocycles. The summed E-state index contributed by atoms with van der Waals surface area (Å²) in [5.41, 5.74) is 5.24. The molecule has 0 aliphatic rings. The Morgan fingerprint density at radius 1 is 1.03 bits per heavy atom. The number of carbonyl (C=O) groups is 1. The number of rotatable bonds is 7. The number of carbonyl (C=O) groups excluding carboxylic acids is 1. The smallest absolute Gasteiger partial charge is 0.265 e. The summed E-state index contributed by atoms with van der Waals surface area (Å²) in [5, 5.41) is 9.20. The molecular formula is C24H23N3O2S. The normalized spacial score (nSPS) is 10.7. The number of ether oxygens (including phenoxy) is 1. The van der Waals surface area contributed by atoms with E-state index in [2.05, 4.69) is 41.6 Å². The molecular weight excluding hydrogens is 394 g/mol. The second-order valence-corrected chi connectivity index (χ2v) is 8.20. The number of aromatic nitrogens is 2. The number of amides is 1. The molecule has 0 spiro atoms. The Morgan fingerprint density at radius 2 is 1.73 bits per heavy atom. The number of anilines is 1. The molecule has 0 bridgehead atoms. The van der Waals surface area contributed by atoms with Gasteiger partial charge in [-0.25, -0.2) is 0 Å². The van der Waals surface area contributed by atoms with Gasteiger partial charge in [-0.15, -0.1) is 11.3 Å². The largest absolute Gasteiger partial charge is 0.489 e. The van der Waals surface area contributed by atoms with Crippen LogP contribution in [-0.4, -0.2) is 15.7 Å². The molecule has 152 valence electrons. The van der Waals surface area contributed by atoms with Crippen LogP contribution in [0.4, 0.5) is 5.69 Å². The van der Waals surface area contributed by atoms with E-state index in [1.165, 1.54) is 22.5 Å². The van der Waals surface area contributed by atoms with Crippen molar-refractivity contribution in [1.82, 2.24) is 9.78 Å². The highest BCUT2D eigenvalue weighted by Gasteiger charge is 2.11. The van der Waals surface area contributed by atoms with E-state index in [1.54, 1.807) is 6.20 Å². The lowest BCUT2D eigenvalue weighted by Crippen LogP contribution is -2.09. The summed E-state index contributed by atoms with van der Waals surface area (Å²) in [4.78, 5) is 13.2. The second-order valence-electron chi connectivity index (χ2n) is 7.29. The number of hydrogen-bond donors (Lipinski definition) is 1. The molecule has 4 rings (SSSR count). The lowest BCUT2D eigenvalue weighted by Gasteiger charge is -2.04. The van der Waals surface area contributed by atoms with E-state index >= 15 is 0 Å². The van der Waals surface area contributed by atoms with Gasteiger partial charge in [0.25, 0.3) is 5.91 Å². The lowest BCUT2D eigenvalue weighted by molar-refractivity contribution is 0.103. The van der Waals surface area contributed by atoms with Gasteiger partial charge in [0.2, 0.25) is 0 Å². The summed E-state index contributed by atoms with van der Waals surface area (Å²) in [6.45, 7) is 5.20. The molecule has 2 aromatic heterocycles. The van der Waals surface area contributed by atoms with Crippen LogP contribution in [0.25, 0.3) is 0 Å². The van der Waals surface area contributed by atoms with Gasteiger partial charge in [0.15, 0.2) is 0 Å². The molecule has 1 N–H and O–H groups in total. The van der Waals surface area contributed by atoms with Crippen LogP contribution in [0.5, 0.6) is 5.75 Å². The van der Waals surface area contributed by atoms with Crippen molar-refractivity contribution >= 4 is 22.9 Å². The highest BCUT2D eigenvalue weighted by molar-refractivity contribution is 7.12. The van der Waals surface area contributed by atoms with E-state index in [4.69, 9.17) is 4.74 Å². The molecule has 30 heavy (non-hydrogen) atoms. The van der Waals surface area contributed by atoms with Crippen molar-refractivity contribution in [1.29, 1.82) is 0 Å². The number of aryl methyl sites for hydroxylation is 2. The van der Waals surface area contributed by atoms with Gasteiger partial charge in [-0.05, 0) is 43.0 Å². The standard InChI is InChI=1S/C24H23N3O2S/c1-17-3-7-19(8-4-17)13-27-14-21(12-25-27)26-24(28)23-11-20(16-30-23)15-29-22-9-5-18(2)6-10-22/h3-12,14,16H,13,15H2,1-2H3,(H,26,28). The maximum absolute atomic E-state index is 12.6. The Morgan fingerprint density at radius 3 is 2.47 bits per heavy atom. The molecule has 1 amide bonds. The fourth-order valence-electron chi connectivity index (χ4n) is 2.96. The number of benzene rings is 2. The topological polar surface area (TPSA) is 56.2 Å². The van der Waals surface area contributed by atoms with Gasteiger partial charge in [0, 0.05) is 11.8 Å². The van der Waals surface area contributed by atoms with Gasteiger partial charge in [0.1, 0.15) is 12.4 Å². The van der Waals surface area contributed by atoms with Crippen molar-refractivity contribution in [2.45, 2.75) is 27.0 Å². The maximum Gasteiger partial charge on any atom is 0.265 e. The number of thiophene rings is 1. The molecule has 5 nitrogen and oxygen atoms in total. The van der Waals surface area contributed by atoms with E-state index in [1.807, 2.05) is 53.5 Å². The van der Waals surface area contributed by atoms with Crippen molar-refractivity contribution in [3.05, 3.63) is 99.5 Å². The summed E-state index contributed by atoms with van der Waals surface area (Å²) in [7, 11) is 0. The van der Waals surface area contributed by atoms with Crippen LogP contribution in [0.3, 0.4) is 0 Å². The predicted octanol–water partition coefficient (Wildman–Crippen LogP) is 5.44. The van der Waals surface area contributed by atoms with Gasteiger partial charge in [0.05, 0.1) is 23.3 Å². The monoisotopic (exact) mass is 417 g/mol. The Labute approximate surface area is 179 Å². The summed E-state index contributed by atoms with van der Waals surface area (Å²) in [6, 6.07) is 18.1. The third-order valence-corrected chi connectivity index (χ3v) is 5.64. The minimum atomic E-state index is -0.142. The third kappa shape index (κ3) is 5.15. The van der Waals surface area contributed by atoms with Crippen LogP contribution >= 0.6 is 11.3 Å². The van der Waals surface area contributed by atoms with Gasteiger partial charge >= 0.3 is 0 Å². The fourth-order valence-corrected chi connectivity index (χ4v) is 3.75. The van der Waals surface area contributed by atoms with Gasteiger partial charge in [-0.1, -0.05) is 47.5 Å². The predicted molar refractivity (Wildman–Crippen MR) is 120 cm³/mol. The Kier molecular flexibility index (Phi) is 5.95. The Hall–Kier alpha value is -3.38. The molecule has 0 fully saturated rings. The average molecular weight is 418 g/mol. The van der Waals surface area contributed by atoms with Crippen LogP contribution in [0.1, 0.15) is 31.9 Å². The molecule has 4 aromatic rings. The van der Waals surface area contributed by atoms with Crippen molar-refractivity contribution in [2.75, 3.05) is 5.32 Å². The molecule has 0 radical (unpaired) electrons. The molecule has 0 unspecified atom stereocenters. The molecule has 2 heterocycles. The van der Waals surface area contributed by atoms with Gasteiger partial charge < -0.3 is 10.1 Å². The van der Waals surface area contributed by atoms with Crippen LogP contribution in [0.15, 0.2) is 72.4 Å². The first-order chi connectivity index (χ1) is 14.5. The Balaban J connectivity index is 1.32. The van der Waals surface area contributed by atoms with Crippen molar-refractivity contribution in [2.24, 2.45) is 0 Å². The van der Waals surface area contributed by atoms with E-state index in [0.29, 0.717) is 23.7 Å². The quantitative estimate of drug-likeness (QED) is 0.436. The first-order valence-corrected chi connectivity index (χ1v) is 10.6. The molecule has 2 aromatic carbocycles. The van der Waals surface area contributed by atoms with E-state index in [0.717, 1.165) is 16.9 Å². The highest BCUT2D eigenvalue weighted by atomic mass is 32.1. The average Bonchev–Trinajstić information content (AvgIpc) is 3.39. The molecule has 0 atom stereocenters. The molecule has 6 heteroatoms. The minimum Gasteiger partial charge on any atom is -0.489 e. The van der Waals surface area contributed by atoms with Crippen LogP contribution in [0.2, 0.25) is 0 Å². The zero-order chi connectivity index (χ0) is 20.9. The summed E-state index contributed by atoms with van der Waals surface area (Å²) < 4.78 is 7.60. The summed E-state index contributed by atoms with van der Waals surface area (Å²) in [6.07, 6.45) is 3.51. The zero-order valence-electron chi connectivity index (χ0n) is 17.0. The zero-order valence-corrected chi connectivity index (χ0v) is 17.8. The van der Waals surface area contributed by atoms with E-state index in [9.17, 15) is 4.79 Å². The molecule has 0 saturated carbocycles. The Bertz CT molecular complexity index is 1130. The number of hydrogen-bond acceptors (Lipinski definition) is 4. The van der Waals surface area contributed by atoms with Crippen molar-refractivity contribution in [3.63, 3.8) is 0 Å². The number of nitrogens with zero attached hydrogens (tertiary/aromatic N) is 2. The SMILES string of the molecule is Cc1ccc(Cn2cc(NC(=O)c3cc(COc4ccc(C)cc4)cs3)cn2)cc1. The summed E-state index contributed by atoms with van der Waals surface area (Å²) in [5.74, 6) is 0.676. The van der Waals surface area contributed by atoms with Crippen molar-refractivity contribution in [3.8, 4) is 5.75 Å². The van der Waals surface area contributed by atoms with Gasteiger partial charge in [-0.3, -0.25) is 9.48 Å². The van der Waals surface area contributed by atoms with Gasteiger partial charge in [-0.2, -0.15) is 5.10 Å². The molecule has 0 saturated heterocycles. The van der Waals surface area contributed by atoms with E-state index < -0.39 is 0 Å². The van der Waals surface area contributed by atoms with E-state index in [-0.39, 0.29) is 5.91 Å². The van der Waals surface area contributed by atoms with Crippen LogP contribution in [0, 0.1) is 13.8 Å². The van der Waals surface area contributed by atoms with Crippen LogP contribution in [-0.2, 0) is 13.2 Å². The fraction of sp³-hybridized carbons (Fsp3) is 0.167. The minimum absolute atomic E-state index is 0.142. The molecule has 0 aliphatic carbocycles. The second kappa shape index (κ2) is 8.97. The third-order valence-electron chi connectivity index (χ3n) is 4.66. The lowest BCUT2D eigenvalue weighted by atomic mass is 10.1. The first-order valence-electron chi connectivity index (χ1n) is 9.71. The number of nitrogens with one attached hydrogen (secondary N) is 1. The van der Waals surface area contributed by atoms with Crippen LogP contribution < -0.4 is 10.1 Å².